The number of nitrogens with zero attached hydrogens (tertiary/aromatic N) is 1. The van der Waals surface area contributed by atoms with E-state index in [0.717, 1.165) is 0 Å². The summed E-state index contributed by atoms with van der Waals surface area (Å²) in [6, 6.07) is 7.65. The van der Waals surface area contributed by atoms with Gasteiger partial charge in [-0.2, -0.15) is 0 Å². The van der Waals surface area contributed by atoms with E-state index in [1.165, 1.54) is 7.11 Å². The topological polar surface area (TPSA) is 93.5 Å². The normalized spacial score (nSPS) is 11.9. The van der Waals surface area contributed by atoms with Crippen LogP contribution in [0.1, 0.15) is 30.0 Å². The molecule has 7 heteroatoms. The number of methoxy groups -OCH3 is 1. The molecule has 0 aliphatic carbocycles. The minimum absolute atomic E-state index is 0.104. The zero-order valence-electron chi connectivity index (χ0n) is 14.1. The molecule has 0 bridgehead atoms. The zero-order valence-corrected chi connectivity index (χ0v) is 14.1. The van der Waals surface area contributed by atoms with Crippen molar-refractivity contribution >= 4 is 17.6 Å². The van der Waals surface area contributed by atoms with E-state index >= 15 is 0 Å². The minimum atomic E-state index is -0.708. The molecule has 2 amide bonds. The van der Waals surface area contributed by atoms with Crippen LogP contribution in [0, 0.1) is 12.8 Å². The lowest BCUT2D eigenvalue weighted by Gasteiger charge is -2.21. The Morgan fingerprint density at radius 3 is 2.58 bits per heavy atom. The molecule has 0 aliphatic rings. The SMILES string of the molecule is COc1cccc(C(=O)N[C@H](C(=O)Nc2cc(C)on2)C(C)C)c1. The first-order valence-electron chi connectivity index (χ1n) is 7.60. The van der Waals surface area contributed by atoms with E-state index in [2.05, 4.69) is 15.8 Å². The van der Waals surface area contributed by atoms with Crippen molar-refractivity contribution in [3.8, 4) is 5.75 Å². The third-order valence-electron chi connectivity index (χ3n) is 3.45. The molecule has 0 spiro atoms. The summed E-state index contributed by atoms with van der Waals surface area (Å²) in [4.78, 5) is 24.8. The molecule has 128 valence electrons. The second-order valence-corrected chi connectivity index (χ2v) is 5.74. The fourth-order valence-electron chi connectivity index (χ4n) is 2.15. The summed E-state index contributed by atoms with van der Waals surface area (Å²) in [7, 11) is 1.53. The minimum Gasteiger partial charge on any atom is -0.497 e. The summed E-state index contributed by atoms with van der Waals surface area (Å²) in [5.41, 5.74) is 0.421. The molecule has 2 N–H and O–H groups in total. The Labute approximate surface area is 140 Å². The summed E-state index contributed by atoms with van der Waals surface area (Å²) in [5.74, 6) is 0.679. The second-order valence-electron chi connectivity index (χ2n) is 5.74. The van der Waals surface area contributed by atoms with Crippen LogP contribution in [0.5, 0.6) is 5.75 Å². The first-order valence-corrected chi connectivity index (χ1v) is 7.60. The van der Waals surface area contributed by atoms with Gasteiger partial charge in [-0.1, -0.05) is 25.1 Å². The zero-order chi connectivity index (χ0) is 17.7. The third kappa shape index (κ3) is 4.34. The summed E-state index contributed by atoms with van der Waals surface area (Å²) in [6.45, 7) is 5.43. The molecule has 0 fully saturated rings. The van der Waals surface area contributed by atoms with E-state index < -0.39 is 6.04 Å². The van der Waals surface area contributed by atoms with Crippen LogP contribution in [0.3, 0.4) is 0 Å². The van der Waals surface area contributed by atoms with Gasteiger partial charge in [-0.3, -0.25) is 9.59 Å². The van der Waals surface area contributed by atoms with Gasteiger partial charge < -0.3 is 19.9 Å². The number of hydrogen-bond acceptors (Lipinski definition) is 5. The lowest BCUT2D eigenvalue weighted by molar-refractivity contribution is -0.118. The molecule has 1 atom stereocenters. The van der Waals surface area contributed by atoms with Gasteiger partial charge in [0.05, 0.1) is 7.11 Å². The fraction of sp³-hybridized carbons (Fsp3) is 0.353. The Bertz CT molecular complexity index is 724. The number of ether oxygens (including phenoxy) is 1. The van der Waals surface area contributed by atoms with E-state index in [1.54, 1.807) is 37.3 Å². The van der Waals surface area contributed by atoms with Gasteiger partial charge in [-0.25, -0.2) is 0 Å². The maximum absolute atomic E-state index is 12.4. The van der Waals surface area contributed by atoms with Crippen molar-refractivity contribution in [1.82, 2.24) is 10.5 Å². The molecule has 0 unspecified atom stereocenters. The van der Waals surface area contributed by atoms with Crippen LogP contribution in [-0.2, 0) is 4.79 Å². The number of carbonyl (C=O) groups excluding carboxylic acids is 2. The van der Waals surface area contributed by atoms with Crippen molar-refractivity contribution in [2.24, 2.45) is 5.92 Å². The summed E-state index contributed by atoms with van der Waals surface area (Å²) < 4.78 is 10.0. The molecule has 0 saturated heterocycles. The highest BCUT2D eigenvalue weighted by Crippen LogP contribution is 2.14. The molecule has 1 aromatic carbocycles. The number of hydrogen-bond donors (Lipinski definition) is 2. The highest BCUT2D eigenvalue weighted by Gasteiger charge is 2.25. The van der Waals surface area contributed by atoms with Crippen LogP contribution in [0.15, 0.2) is 34.9 Å². The highest BCUT2D eigenvalue weighted by molar-refractivity contribution is 6.01. The average molecular weight is 331 g/mol. The fourth-order valence-corrected chi connectivity index (χ4v) is 2.15. The van der Waals surface area contributed by atoms with Gasteiger partial charge in [0, 0.05) is 11.6 Å². The van der Waals surface area contributed by atoms with Gasteiger partial charge in [0.25, 0.3) is 5.91 Å². The number of amides is 2. The largest absolute Gasteiger partial charge is 0.497 e. The van der Waals surface area contributed by atoms with Crippen molar-refractivity contribution in [2.45, 2.75) is 26.8 Å². The lowest BCUT2D eigenvalue weighted by atomic mass is 10.0. The molecular weight excluding hydrogens is 310 g/mol. The van der Waals surface area contributed by atoms with Crippen LogP contribution < -0.4 is 15.4 Å². The van der Waals surface area contributed by atoms with Crippen molar-refractivity contribution in [1.29, 1.82) is 0 Å². The molecule has 0 aliphatic heterocycles. The van der Waals surface area contributed by atoms with E-state index in [4.69, 9.17) is 9.26 Å². The molecule has 24 heavy (non-hydrogen) atoms. The molecule has 0 radical (unpaired) electrons. The van der Waals surface area contributed by atoms with Gasteiger partial charge in [0.15, 0.2) is 5.82 Å². The average Bonchev–Trinajstić information content (AvgIpc) is 2.96. The van der Waals surface area contributed by atoms with Crippen LogP contribution in [0.2, 0.25) is 0 Å². The number of aromatic nitrogens is 1. The van der Waals surface area contributed by atoms with E-state index in [-0.39, 0.29) is 17.7 Å². The van der Waals surface area contributed by atoms with Gasteiger partial charge in [0.2, 0.25) is 5.91 Å². The van der Waals surface area contributed by atoms with Gasteiger partial charge in [-0.05, 0) is 31.0 Å². The quantitative estimate of drug-likeness (QED) is 0.847. The monoisotopic (exact) mass is 331 g/mol. The molecule has 7 nitrogen and oxygen atoms in total. The molecular formula is C17H21N3O4. The van der Waals surface area contributed by atoms with Crippen molar-refractivity contribution in [2.75, 3.05) is 12.4 Å². The predicted molar refractivity (Wildman–Crippen MR) is 89.0 cm³/mol. The Kier molecular flexibility index (Phi) is 5.57. The Morgan fingerprint density at radius 2 is 2.00 bits per heavy atom. The number of aryl methyl sites for hydroxylation is 1. The Balaban J connectivity index is 2.09. The number of rotatable bonds is 6. The number of anilines is 1. The number of carbonyl (C=O) groups is 2. The molecule has 0 saturated carbocycles. The summed E-state index contributed by atoms with van der Waals surface area (Å²) in [6.07, 6.45) is 0. The van der Waals surface area contributed by atoms with Crippen molar-refractivity contribution in [3.05, 3.63) is 41.7 Å². The van der Waals surface area contributed by atoms with Crippen molar-refractivity contribution < 1.29 is 18.8 Å². The lowest BCUT2D eigenvalue weighted by Crippen LogP contribution is -2.47. The highest BCUT2D eigenvalue weighted by atomic mass is 16.5. The van der Waals surface area contributed by atoms with E-state index in [1.807, 2.05) is 13.8 Å². The van der Waals surface area contributed by atoms with Crippen LogP contribution >= 0.6 is 0 Å². The molecule has 2 aromatic rings. The van der Waals surface area contributed by atoms with Crippen LogP contribution in [0.25, 0.3) is 0 Å². The first kappa shape index (κ1) is 17.5. The van der Waals surface area contributed by atoms with E-state index in [9.17, 15) is 9.59 Å². The predicted octanol–water partition coefficient (Wildman–Crippen LogP) is 2.38. The summed E-state index contributed by atoms with van der Waals surface area (Å²) >= 11 is 0. The van der Waals surface area contributed by atoms with E-state index in [0.29, 0.717) is 22.9 Å². The molecule has 1 aromatic heterocycles. The number of benzene rings is 1. The number of nitrogens with one attached hydrogen (secondary N) is 2. The smallest absolute Gasteiger partial charge is 0.252 e. The standard InChI is InChI=1S/C17H21N3O4/c1-10(2)15(17(22)18-14-8-11(3)24-20-14)19-16(21)12-6-5-7-13(9-12)23-4/h5-10,15H,1-4H3,(H,19,21)(H,18,20,22)/t15-/m0/s1. The van der Waals surface area contributed by atoms with Crippen LogP contribution in [-0.4, -0.2) is 30.1 Å². The third-order valence-corrected chi connectivity index (χ3v) is 3.45. The molecule has 2 rings (SSSR count). The van der Waals surface area contributed by atoms with Gasteiger partial charge >= 0.3 is 0 Å². The van der Waals surface area contributed by atoms with Gasteiger partial charge in [-0.15, -0.1) is 0 Å². The van der Waals surface area contributed by atoms with Crippen LogP contribution in [0.4, 0.5) is 5.82 Å². The Hall–Kier alpha value is -2.83. The first-order chi connectivity index (χ1) is 11.4. The van der Waals surface area contributed by atoms with Crippen molar-refractivity contribution in [3.63, 3.8) is 0 Å². The maximum atomic E-state index is 12.4. The summed E-state index contributed by atoms with van der Waals surface area (Å²) in [5, 5.41) is 9.11. The second kappa shape index (κ2) is 7.63. The molecule has 1 heterocycles. The Morgan fingerprint density at radius 1 is 1.25 bits per heavy atom. The maximum Gasteiger partial charge on any atom is 0.252 e. The van der Waals surface area contributed by atoms with Gasteiger partial charge in [0.1, 0.15) is 17.6 Å².